The van der Waals surface area contributed by atoms with Crippen LogP contribution in [0.1, 0.15) is 5.56 Å². The van der Waals surface area contributed by atoms with Crippen LogP contribution < -0.4 is 15.0 Å². The van der Waals surface area contributed by atoms with Crippen molar-refractivity contribution in [1.29, 1.82) is 0 Å². The van der Waals surface area contributed by atoms with Crippen molar-refractivity contribution in [3.8, 4) is 11.5 Å². The zero-order chi connectivity index (χ0) is 27.7. The molecule has 1 saturated heterocycles. The second-order valence-corrected chi connectivity index (χ2v) is 9.18. The van der Waals surface area contributed by atoms with Gasteiger partial charge in [0.1, 0.15) is 11.3 Å². The van der Waals surface area contributed by atoms with Crippen LogP contribution in [-0.2, 0) is 9.59 Å². The number of halogens is 3. The zero-order valence-electron chi connectivity index (χ0n) is 18.5. The van der Waals surface area contributed by atoms with Crippen molar-refractivity contribution in [3.05, 3.63) is 100 Å². The third kappa shape index (κ3) is 5.34. The van der Waals surface area contributed by atoms with Gasteiger partial charge in [-0.05, 0) is 64.0 Å². The number of nitro benzene ring substituents is 2. The maximum atomic E-state index is 13.1. The van der Waals surface area contributed by atoms with Crippen LogP contribution in [0.15, 0.2) is 64.6 Å². The molecule has 0 aliphatic carbocycles. The lowest BCUT2D eigenvalue weighted by Crippen LogP contribution is -2.54. The van der Waals surface area contributed by atoms with Gasteiger partial charge < -0.3 is 4.74 Å². The van der Waals surface area contributed by atoms with Crippen molar-refractivity contribution in [2.24, 2.45) is 0 Å². The van der Waals surface area contributed by atoms with Gasteiger partial charge in [-0.3, -0.25) is 35.1 Å². The van der Waals surface area contributed by atoms with E-state index >= 15 is 0 Å². The molecule has 15 heteroatoms. The number of nitrogens with one attached hydrogen (secondary N) is 1. The summed E-state index contributed by atoms with van der Waals surface area (Å²) >= 11 is 15.2. The number of rotatable bonds is 6. The Kier molecular flexibility index (Phi) is 7.44. The Bertz CT molecular complexity index is 1590. The molecule has 12 nitrogen and oxygen atoms in total. The number of nitrogens with zero attached hydrogens (tertiary/aromatic N) is 3. The van der Waals surface area contributed by atoms with E-state index in [2.05, 4.69) is 21.2 Å². The lowest BCUT2D eigenvalue weighted by atomic mass is 10.1. The highest BCUT2D eigenvalue weighted by Crippen LogP contribution is 2.38. The molecule has 1 aliphatic heterocycles. The van der Waals surface area contributed by atoms with E-state index in [4.69, 9.17) is 27.9 Å². The van der Waals surface area contributed by atoms with E-state index in [1.807, 2.05) is 0 Å². The fourth-order valence-corrected chi connectivity index (χ4v) is 4.11. The number of non-ortho nitro benzene ring substituents is 1. The molecule has 0 aromatic heterocycles. The van der Waals surface area contributed by atoms with Crippen LogP contribution in [0.5, 0.6) is 11.5 Å². The minimum Gasteiger partial charge on any atom is -0.449 e. The number of nitro groups is 2. The van der Waals surface area contributed by atoms with Gasteiger partial charge in [0.2, 0.25) is 5.75 Å². The number of urea groups is 1. The van der Waals surface area contributed by atoms with Gasteiger partial charge in [-0.1, -0.05) is 29.3 Å². The largest absolute Gasteiger partial charge is 0.449 e. The smallest absolute Gasteiger partial charge is 0.335 e. The molecule has 0 spiro atoms. The predicted octanol–water partition coefficient (Wildman–Crippen LogP) is 6.03. The summed E-state index contributed by atoms with van der Waals surface area (Å²) in [5.74, 6) is -1.97. The summed E-state index contributed by atoms with van der Waals surface area (Å²) in [5.41, 5.74) is -1.02. The Balaban J connectivity index is 1.64. The number of hydrogen-bond acceptors (Lipinski definition) is 8. The van der Waals surface area contributed by atoms with Crippen LogP contribution in [0.3, 0.4) is 0 Å². The quantitative estimate of drug-likeness (QED) is 0.151. The minimum atomic E-state index is -0.967. The van der Waals surface area contributed by atoms with Crippen LogP contribution in [0.2, 0.25) is 10.0 Å². The number of amides is 4. The first-order chi connectivity index (χ1) is 18.0. The number of anilines is 1. The van der Waals surface area contributed by atoms with Gasteiger partial charge in [0.05, 0.1) is 36.1 Å². The van der Waals surface area contributed by atoms with Crippen molar-refractivity contribution in [1.82, 2.24) is 5.32 Å². The van der Waals surface area contributed by atoms with Crippen LogP contribution >= 0.6 is 39.1 Å². The number of barbiturate groups is 1. The maximum absolute atomic E-state index is 13.1. The number of carbonyl (C=O) groups excluding carboxylic acids is 3. The highest BCUT2D eigenvalue weighted by Gasteiger charge is 2.37. The van der Waals surface area contributed by atoms with Gasteiger partial charge in [0.15, 0.2) is 0 Å². The third-order valence-electron chi connectivity index (χ3n) is 5.10. The molecule has 0 radical (unpaired) electrons. The van der Waals surface area contributed by atoms with Gasteiger partial charge in [-0.2, -0.15) is 0 Å². The van der Waals surface area contributed by atoms with Crippen LogP contribution in [0, 0.1) is 20.2 Å². The minimum absolute atomic E-state index is 0.0925. The summed E-state index contributed by atoms with van der Waals surface area (Å²) < 4.78 is 5.86. The van der Waals surface area contributed by atoms with E-state index in [-0.39, 0.29) is 37.3 Å². The molecule has 3 aromatic carbocycles. The summed E-state index contributed by atoms with van der Waals surface area (Å²) in [4.78, 5) is 59.3. The number of ether oxygens (including phenoxy) is 1. The summed E-state index contributed by atoms with van der Waals surface area (Å²) in [6.07, 6.45) is 1.23. The highest BCUT2D eigenvalue weighted by atomic mass is 79.9. The molecule has 1 fully saturated rings. The highest BCUT2D eigenvalue weighted by molar-refractivity contribution is 9.10. The molecule has 1 heterocycles. The summed E-state index contributed by atoms with van der Waals surface area (Å²) in [7, 11) is 0. The molecule has 4 rings (SSSR count). The van der Waals surface area contributed by atoms with Crippen LogP contribution in [-0.4, -0.2) is 27.7 Å². The SMILES string of the molecule is O=C1NC(=O)N(c2ccc(Cl)c(Cl)c2)C(=O)/C1=C/c1ccc(Oc2ccc([N+](=O)[O-])cc2[N+](=O)[O-])c(Br)c1. The fourth-order valence-electron chi connectivity index (χ4n) is 3.34. The molecule has 3 aromatic rings. The monoisotopic (exact) mass is 620 g/mol. The van der Waals surface area contributed by atoms with Crippen molar-refractivity contribution in [2.45, 2.75) is 0 Å². The van der Waals surface area contributed by atoms with E-state index in [0.29, 0.717) is 5.56 Å². The second-order valence-electron chi connectivity index (χ2n) is 7.51. The molecule has 1 aliphatic rings. The second kappa shape index (κ2) is 10.6. The van der Waals surface area contributed by atoms with Gasteiger partial charge in [0.25, 0.3) is 17.5 Å². The Morgan fingerprint density at radius 3 is 2.24 bits per heavy atom. The van der Waals surface area contributed by atoms with Crippen molar-refractivity contribution >= 4 is 80.1 Å². The van der Waals surface area contributed by atoms with E-state index < -0.39 is 39.1 Å². The van der Waals surface area contributed by atoms with Crippen LogP contribution in [0.25, 0.3) is 6.08 Å². The normalized spacial score (nSPS) is 14.4. The summed E-state index contributed by atoms with van der Waals surface area (Å²) in [6, 6.07) is 10.3. The average Bonchev–Trinajstić information content (AvgIpc) is 2.85. The predicted molar refractivity (Wildman–Crippen MR) is 139 cm³/mol. The van der Waals surface area contributed by atoms with Gasteiger partial charge in [-0.15, -0.1) is 0 Å². The molecular weight excluding hydrogens is 611 g/mol. The Morgan fingerprint density at radius 1 is 0.895 bits per heavy atom. The van der Waals surface area contributed by atoms with E-state index in [0.717, 1.165) is 23.1 Å². The van der Waals surface area contributed by atoms with Crippen molar-refractivity contribution in [2.75, 3.05) is 4.90 Å². The molecule has 0 bridgehead atoms. The fraction of sp³-hybridized carbons (Fsp3) is 0. The lowest BCUT2D eigenvalue weighted by molar-refractivity contribution is -0.394. The molecule has 38 heavy (non-hydrogen) atoms. The first-order valence-corrected chi connectivity index (χ1v) is 11.8. The number of imide groups is 2. The Labute approximate surface area is 230 Å². The van der Waals surface area contributed by atoms with Crippen LogP contribution in [0.4, 0.5) is 21.9 Å². The number of benzene rings is 3. The number of hydrogen-bond donors (Lipinski definition) is 1. The van der Waals surface area contributed by atoms with Crippen molar-refractivity contribution < 1.29 is 29.0 Å². The number of carbonyl (C=O) groups is 3. The molecule has 0 unspecified atom stereocenters. The lowest BCUT2D eigenvalue weighted by Gasteiger charge is -2.26. The first-order valence-electron chi connectivity index (χ1n) is 10.2. The van der Waals surface area contributed by atoms with Crippen molar-refractivity contribution in [3.63, 3.8) is 0 Å². The molecule has 0 atom stereocenters. The average molecular weight is 622 g/mol. The van der Waals surface area contributed by atoms with E-state index in [1.54, 1.807) is 0 Å². The molecule has 0 saturated carbocycles. The maximum Gasteiger partial charge on any atom is 0.335 e. The molecule has 1 N–H and O–H groups in total. The Morgan fingerprint density at radius 2 is 1.61 bits per heavy atom. The standard InChI is InChI=1S/C23H11BrCl2N4O8/c24-15-8-11(1-5-19(15)38-20-6-3-13(29(34)35)10-18(20)30(36)37)7-14-21(31)27-23(33)28(22(14)32)12-2-4-16(25)17(26)9-12/h1-10H,(H,27,31,33)/b14-7+. The van der Waals surface area contributed by atoms with Gasteiger partial charge >= 0.3 is 11.7 Å². The first kappa shape index (κ1) is 26.7. The summed E-state index contributed by atoms with van der Waals surface area (Å²) in [5, 5.41) is 24.7. The zero-order valence-corrected chi connectivity index (χ0v) is 21.6. The van der Waals surface area contributed by atoms with Gasteiger partial charge in [0, 0.05) is 6.07 Å². The van der Waals surface area contributed by atoms with E-state index in [9.17, 15) is 34.6 Å². The molecular formula is C23H11BrCl2N4O8. The molecule has 4 amide bonds. The molecule has 192 valence electrons. The topological polar surface area (TPSA) is 162 Å². The third-order valence-corrected chi connectivity index (χ3v) is 6.46. The van der Waals surface area contributed by atoms with E-state index in [1.165, 1.54) is 42.5 Å². The Hall–Kier alpha value is -4.33. The van der Waals surface area contributed by atoms with Gasteiger partial charge in [-0.25, -0.2) is 9.69 Å². The summed E-state index contributed by atoms with van der Waals surface area (Å²) in [6.45, 7) is 0.